The van der Waals surface area contributed by atoms with Crippen molar-refractivity contribution >= 4 is 17.6 Å². The summed E-state index contributed by atoms with van der Waals surface area (Å²) in [4.78, 5) is 30.1. The van der Waals surface area contributed by atoms with Crippen LogP contribution in [0.3, 0.4) is 0 Å². The maximum Gasteiger partial charge on any atom is 0.354 e. The van der Waals surface area contributed by atoms with Gasteiger partial charge in [-0.05, 0) is 12.1 Å². The molecule has 1 amide bonds. The number of aryl methyl sites for hydroxylation is 1. The minimum absolute atomic E-state index is 0.127. The second kappa shape index (κ2) is 4.66. The Morgan fingerprint density at radius 2 is 2.22 bits per heavy atom. The van der Waals surface area contributed by atoms with Gasteiger partial charge < -0.3 is 15.0 Å². The summed E-state index contributed by atoms with van der Waals surface area (Å²) in [5.41, 5.74) is 0.620. The number of carboxylic acids is 1. The fourth-order valence-corrected chi connectivity index (χ4v) is 1.40. The lowest BCUT2D eigenvalue weighted by molar-refractivity contribution is 0.0690. The van der Waals surface area contributed by atoms with Crippen molar-refractivity contribution in [3.05, 3.63) is 42.2 Å². The van der Waals surface area contributed by atoms with E-state index in [1.165, 1.54) is 30.9 Å². The summed E-state index contributed by atoms with van der Waals surface area (Å²) in [7, 11) is 1.69. The Kier molecular flexibility index (Phi) is 3.05. The minimum atomic E-state index is -1.15. The normalized spacial score (nSPS) is 10.1. The Balaban J connectivity index is 2.20. The number of imidazole rings is 1. The Morgan fingerprint density at radius 1 is 1.44 bits per heavy atom. The number of nitrogens with one attached hydrogen (secondary N) is 1. The minimum Gasteiger partial charge on any atom is -0.477 e. The number of rotatable bonds is 3. The number of carbonyl (C=O) groups excluding carboxylic acids is 1. The average molecular weight is 246 g/mol. The summed E-state index contributed by atoms with van der Waals surface area (Å²) in [6.45, 7) is 0. The maximum absolute atomic E-state index is 11.8. The number of aromatic nitrogens is 3. The maximum atomic E-state index is 11.8. The van der Waals surface area contributed by atoms with Crippen LogP contribution in [0, 0.1) is 0 Å². The van der Waals surface area contributed by atoms with E-state index in [1.807, 2.05) is 0 Å². The van der Waals surface area contributed by atoms with Crippen LogP contribution < -0.4 is 5.32 Å². The summed E-state index contributed by atoms with van der Waals surface area (Å²) >= 11 is 0. The number of hydrogen-bond acceptors (Lipinski definition) is 4. The Labute approximate surface area is 102 Å². The predicted octanol–water partition coefficient (Wildman–Crippen LogP) is 0.766. The zero-order chi connectivity index (χ0) is 13.1. The number of hydrogen-bond donors (Lipinski definition) is 2. The van der Waals surface area contributed by atoms with Crippen molar-refractivity contribution in [2.75, 3.05) is 5.32 Å². The van der Waals surface area contributed by atoms with Crippen LogP contribution in [0.1, 0.15) is 21.0 Å². The standard InChI is InChI=1S/C11H10N4O3/c1-15-6-12-5-9(15)10(16)14-7-2-3-13-8(4-7)11(17)18/h2-6H,1H3,(H,17,18)(H,13,14,16). The number of amides is 1. The molecule has 0 fully saturated rings. The average Bonchev–Trinajstić information content (AvgIpc) is 2.76. The zero-order valence-corrected chi connectivity index (χ0v) is 9.49. The molecule has 0 spiro atoms. The quantitative estimate of drug-likeness (QED) is 0.833. The van der Waals surface area contributed by atoms with Crippen LogP contribution in [0.5, 0.6) is 0 Å². The first-order valence-corrected chi connectivity index (χ1v) is 5.05. The second-order valence-electron chi connectivity index (χ2n) is 3.58. The van der Waals surface area contributed by atoms with Gasteiger partial charge in [-0.2, -0.15) is 0 Å². The molecule has 7 heteroatoms. The lowest BCUT2D eigenvalue weighted by Crippen LogP contribution is -2.15. The molecule has 2 rings (SSSR count). The first-order chi connectivity index (χ1) is 8.58. The number of anilines is 1. The highest BCUT2D eigenvalue weighted by Gasteiger charge is 2.11. The van der Waals surface area contributed by atoms with Gasteiger partial charge in [0.15, 0.2) is 0 Å². The molecule has 18 heavy (non-hydrogen) atoms. The van der Waals surface area contributed by atoms with Crippen LogP contribution in [0.15, 0.2) is 30.9 Å². The third-order valence-corrected chi connectivity index (χ3v) is 2.29. The fourth-order valence-electron chi connectivity index (χ4n) is 1.40. The van der Waals surface area contributed by atoms with Gasteiger partial charge >= 0.3 is 5.97 Å². The molecule has 0 aliphatic heterocycles. The summed E-state index contributed by atoms with van der Waals surface area (Å²) < 4.78 is 1.56. The number of pyridine rings is 1. The van der Waals surface area contributed by atoms with E-state index < -0.39 is 5.97 Å². The van der Waals surface area contributed by atoms with E-state index in [0.29, 0.717) is 11.4 Å². The van der Waals surface area contributed by atoms with Crippen LogP contribution >= 0.6 is 0 Å². The molecule has 2 heterocycles. The van der Waals surface area contributed by atoms with Gasteiger partial charge in [0.1, 0.15) is 11.4 Å². The molecule has 0 aliphatic carbocycles. The lowest BCUT2D eigenvalue weighted by Gasteiger charge is -2.05. The van der Waals surface area contributed by atoms with Crippen LogP contribution in [0.2, 0.25) is 0 Å². The van der Waals surface area contributed by atoms with Crippen molar-refractivity contribution in [1.82, 2.24) is 14.5 Å². The van der Waals surface area contributed by atoms with Crippen LogP contribution in [-0.2, 0) is 7.05 Å². The molecule has 2 aromatic rings. The molecule has 92 valence electrons. The van der Waals surface area contributed by atoms with Crippen molar-refractivity contribution < 1.29 is 14.7 Å². The predicted molar refractivity (Wildman–Crippen MR) is 62.4 cm³/mol. The SMILES string of the molecule is Cn1cncc1C(=O)Nc1ccnc(C(=O)O)c1. The summed E-state index contributed by atoms with van der Waals surface area (Å²) in [6.07, 6.45) is 4.25. The van der Waals surface area contributed by atoms with E-state index >= 15 is 0 Å². The van der Waals surface area contributed by atoms with Crippen molar-refractivity contribution in [2.45, 2.75) is 0 Å². The molecule has 0 unspecified atom stereocenters. The topological polar surface area (TPSA) is 97.1 Å². The molecule has 0 bridgehead atoms. The molecule has 0 aliphatic rings. The van der Waals surface area contributed by atoms with E-state index in [0.717, 1.165) is 0 Å². The first-order valence-electron chi connectivity index (χ1n) is 5.05. The number of carboxylic acid groups (broad SMARTS) is 1. The van der Waals surface area contributed by atoms with Crippen molar-refractivity contribution in [3.63, 3.8) is 0 Å². The molecule has 0 atom stereocenters. The molecule has 0 saturated heterocycles. The van der Waals surface area contributed by atoms with Gasteiger partial charge in [0.05, 0.1) is 12.5 Å². The van der Waals surface area contributed by atoms with Gasteiger partial charge in [-0.25, -0.2) is 14.8 Å². The van der Waals surface area contributed by atoms with Gasteiger partial charge in [0.25, 0.3) is 5.91 Å². The number of aromatic carboxylic acids is 1. The van der Waals surface area contributed by atoms with Gasteiger partial charge in [0.2, 0.25) is 0 Å². The summed E-state index contributed by atoms with van der Waals surface area (Å²) in [6, 6.07) is 2.80. The highest BCUT2D eigenvalue weighted by Crippen LogP contribution is 2.10. The Morgan fingerprint density at radius 3 is 2.83 bits per heavy atom. The van der Waals surface area contributed by atoms with Crippen molar-refractivity contribution in [3.8, 4) is 0 Å². The van der Waals surface area contributed by atoms with Crippen LogP contribution in [0.25, 0.3) is 0 Å². The Bertz CT molecular complexity index is 606. The molecular weight excluding hydrogens is 236 g/mol. The second-order valence-corrected chi connectivity index (χ2v) is 3.58. The van der Waals surface area contributed by atoms with Crippen molar-refractivity contribution in [2.24, 2.45) is 7.05 Å². The van der Waals surface area contributed by atoms with Crippen LogP contribution in [0.4, 0.5) is 5.69 Å². The van der Waals surface area contributed by atoms with E-state index in [2.05, 4.69) is 15.3 Å². The smallest absolute Gasteiger partial charge is 0.354 e. The monoisotopic (exact) mass is 246 g/mol. The molecule has 2 N–H and O–H groups in total. The fraction of sp³-hybridized carbons (Fsp3) is 0.0909. The molecule has 0 radical (unpaired) electrons. The highest BCUT2D eigenvalue weighted by molar-refractivity contribution is 6.03. The lowest BCUT2D eigenvalue weighted by atomic mass is 10.3. The summed E-state index contributed by atoms with van der Waals surface area (Å²) in [5.74, 6) is -1.51. The van der Waals surface area contributed by atoms with Crippen molar-refractivity contribution in [1.29, 1.82) is 0 Å². The third-order valence-electron chi connectivity index (χ3n) is 2.29. The largest absolute Gasteiger partial charge is 0.477 e. The Hall–Kier alpha value is -2.70. The molecule has 0 saturated carbocycles. The van der Waals surface area contributed by atoms with E-state index in [1.54, 1.807) is 11.6 Å². The van der Waals surface area contributed by atoms with Gasteiger partial charge in [-0.1, -0.05) is 0 Å². The zero-order valence-electron chi connectivity index (χ0n) is 9.49. The molecular formula is C11H10N4O3. The van der Waals surface area contributed by atoms with E-state index in [-0.39, 0.29) is 11.6 Å². The van der Waals surface area contributed by atoms with E-state index in [4.69, 9.17) is 5.11 Å². The molecule has 2 aromatic heterocycles. The summed E-state index contributed by atoms with van der Waals surface area (Å²) in [5, 5.41) is 11.4. The third kappa shape index (κ3) is 2.34. The molecule has 0 aromatic carbocycles. The number of nitrogens with zero attached hydrogens (tertiary/aromatic N) is 3. The first kappa shape index (κ1) is 11.8. The number of carbonyl (C=O) groups is 2. The van der Waals surface area contributed by atoms with E-state index in [9.17, 15) is 9.59 Å². The van der Waals surface area contributed by atoms with Gasteiger partial charge in [-0.15, -0.1) is 0 Å². The molecule has 7 nitrogen and oxygen atoms in total. The van der Waals surface area contributed by atoms with Gasteiger partial charge in [0, 0.05) is 18.9 Å². The van der Waals surface area contributed by atoms with Gasteiger partial charge in [-0.3, -0.25) is 4.79 Å². The van der Waals surface area contributed by atoms with Crippen LogP contribution in [-0.4, -0.2) is 31.5 Å². The highest BCUT2D eigenvalue weighted by atomic mass is 16.4.